The van der Waals surface area contributed by atoms with Gasteiger partial charge in [-0.1, -0.05) is 36.8 Å². The number of hydrogen-bond acceptors (Lipinski definition) is 5. The fraction of sp³-hybridized carbons (Fsp3) is 0.261. The molecule has 0 N–H and O–H groups in total. The number of hydrogen-bond donors (Lipinski definition) is 0. The van der Waals surface area contributed by atoms with Crippen molar-refractivity contribution >= 4 is 23.8 Å². The predicted octanol–water partition coefficient (Wildman–Crippen LogP) is 4.07. The zero-order chi connectivity index (χ0) is 20.2. The topological polar surface area (TPSA) is 68.2 Å². The number of amides is 1. The predicted molar refractivity (Wildman–Crippen MR) is 110 cm³/mol. The summed E-state index contributed by atoms with van der Waals surface area (Å²) in [5, 5.41) is 0. The Hall–Kier alpha value is -3.41. The highest BCUT2D eigenvalue weighted by atomic mass is 16.5. The number of rotatable bonds is 4. The number of ether oxygens (including phenoxy) is 2. The molecule has 0 atom stereocenters. The Morgan fingerprint density at radius 2 is 1.79 bits per heavy atom. The highest BCUT2D eigenvalue weighted by Gasteiger charge is 2.30. The Morgan fingerprint density at radius 3 is 2.62 bits per heavy atom. The minimum absolute atomic E-state index is 0.0900. The fourth-order valence-electron chi connectivity index (χ4n) is 3.56. The number of carbonyl (C=O) groups is 2. The average Bonchev–Trinajstić information content (AvgIpc) is 2.91. The molecule has 0 radical (unpaired) electrons. The monoisotopic (exact) mass is 390 g/mol. The van der Waals surface area contributed by atoms with Crippen LogP contribution in [0.25, 0.3) is 6.08 Å². The summed E-state index contributed by atoms with van der Waals surface area (Å²) in [5.41, 5.74) is 1.34. The van der Waals surface area contributed by atoms with Gasteiger partial charge in [0, 0.05) is 18.5 Å². The second kappa shape index (κ2) is 8.31. The van der Waals surface area contributed by atoms with Gasteiger partial charge in [0.15, 0.2) is 0 Å². The molecule has 4 rings (SSSR count). The number of aliphatic imine (C=N–C) groups is 1. The molecule has 1 fully saturated rings. The van der Waals surface area contributed by atoms with Gasteiger partial charge in [-0.2, -0.15) is 0 Å². The number of benzene rings is 2. The summed E-state index contributed by atoms with van der Waals surface area (Å²) in [6.07, 6.45) is 5.65. The van der Waals surface area contributed by atoms with E-state index in [1.807, 2.05) is 6.07 Å². The van der Waals surface area contributed by atoms with Crippen LogP contribution in [0.2, 0.25) is 0 Å². The zero-order valence-corrected chi connectivity index (χ0v) is 16.3. The van der Waals surface area contributed by atoms with Gasteiger partial charge >= 0.3 is 5.97 Å². The van der Waals surface area contributed by atoms with Crippen LogP contribution in [0.15, 0.2) is 59.2 Å². The van der Waals surface area contributed by atoms with Gasteiger partial charge < -0.3 is 9.47 Å². The minimum Gasteiger partial charge on any atom is -0.496 e. The Kier molecular flexibility index (Phi) is 5.42. The van der Waals surface area contributed by atoms with Crippen LogP contribution in [0.3, 0.4) is 0 Å². The van der Waals surface area contributed by atoms with Crippen LogP contribution in [0.1, 0.15) is 41.6 Å². The van der Waals surface area contributed by atoms with Crippen LogP contribution in [-0.4, -0.2) is 36.3 Å². The van der Waals surface area contributed by atoms with E-state index in [1.165, 1.54) is 7.11 Å². The summed E-state index contributed by atoms with van der Waals surface area (Å²) in [6.45, 7) is 0.708. The van der Waals surface area contributed by atoms with E-state index in [0.717, 1.165) is 31.5 Å². The molecule has 0 aromatic heterocycles. The molecule has 2 aromatic carbocycles. The Morgan fingerprint density at radius 1 is 1.03 bits per heavy atom. The quantitative estimate of drug-likeness (QED) is 0.448. The van der Waals surface area contributed by atoms with Gasteiger partial charge in [0.1, 0.15) is 28.6 Å². The van der Waals surface area contributed by atoms with E-state index in [1.54, 1.807) is 53.4 Å². The van der Waals surface area contributed by atoms with Crippen molar-refractivity contribution in [2.45, 2.75) is 25.7 Å². The number of fused-ring (bicyclic) bond motifs is 1. The van der Waals surface area contributed by atoms with Crippen molar-refractivity contribution in [2.24, 2.45) is 4.99 Å². The smallest absolute Gasteiger partial charge is 0.347 e. The fourth-order valence-corrected chi connectivity index (χ4v) is 3.56. The number of para-hydroxylation sites is 2. The van der Waals surface area contributed by atoms with Gasteiger partial charge in [0.25, 0.3) is 5.91 Å². The van der Waals surface area contributed by atoms with E-state index in [9.17, 15) is 9.59 Å². The van der Waals surface area contributed by atoms with E-state index in [2.05, 4.69) is 4.99 Å². The van der Waals surface area contributed by atoms with Crippen LogP contribution in [0, 0.1) is 0 Å². The average molecular weight is 390 g/mol. The first-order chi connectivity index (χ1) is 14.2. The van der Waals surface area contributed by atoms with E-state index in [0.29, 0.717) is 34.9 Å². The Labute approximate surface area is 169 Å². The van der Waals surface area contributed by atoms with Crippen molar-refractivity contribution < 1.29 is 19.1 Å². The van der Waals surface area contributed by atoms with Crippen molar-refractivity contribution in [1.29, 1.82) is 0 Å². The van der Waals surface area contributed by atoms with Crippen LogP contribution in [0.5, 0.6) is 11.5 Å². The van der Waals surface area contributed by atoms with Gasteiger partial charge in [0.05, 0.1) is 7.11 Å². The normalized spacial score (nSPS) is 17.6. The van der Waals surface area contributed by atoms with Crippen molar-refractivity contribution in [1.82, 2.24) is 4.90 Å². The molecule has 0 spiro atoms. The number of methoxy groups -OCH3 is 1. The van der Waals surface area contributed by atoms with Gasteiger partial charge in [-0.3, -0.25) is 9.69 Å². The lowest BCUT2D eigenvalue weighted by Gasteiger charge is -2.14. The van der Waals surface area contributed by atoms with E-state index >= 15 is 0 Å². The molecular formula is C23H22N2O4. The number of esters is 1. The lowest BCUT2D eigenvalue weighted by Crippen LogP contribution is -2.31. The summed E-state index contributed by atoms with van der Waals surface area (Å²) in [6, 6.07) is 14.0. The first kappa shape index (κ1) is 18.9. The van der Waals surface area contributed by atoms with Gasteiger partial charge in [0.2, 0.25) is 0 Å². The first-order valence-electron chi connectivity index (χ1n) is 9.73. The van der Waals surface area contributed by atoms with Gasteiger partial charge in [-0.05, 0) is 37.1 Å². The maximum Gasteiger partial charge on any atom is 0.347 e. The third-order valence-corrected chi connectivity index (χ3v) is 5.05. The molecule has 29 heavy (non-hydrogen) atoms. The Bertz CT molecular complexity index is 1010. The highest BCUT2D eigenvalue weighted by molar-refractivity contribution is 6.14. The summed E-state index contributed by atoms with van der Waals surface area (Å²) in [4.78, 5) is 31.7. The molecule has 2 aliphatic heterocycles. The molecule has 0 unspecified atom stereocenters. The molecule has 0 aliphatic carbocycles. The van der Waals surface area contributed by atoms with E-state index < -0.39 is 5.97 Å². The molecule has 2 aromatic rings. The summed E-state index contributed by atoms with van der Waals surface area (Å²) in [7, 11) is 1.51. The van der Waals surface area contributed by atoms with Crippen molar-refractivity contribution in [3.63, 3.8) is 0 Å². The molecule has 2 aliphatic rings. The molecule has 6 heteroatoms. The Balaban J connectivity index is 1.62. The van der Waals surface area contributed by atoms with E-state index in [-0.39, 0.29) is 5.91 Å². The molecule has 1 amide bonds. The second-order valence-corrected chi connectivity index (χ2v) is 6.95. The third kappa shape index (κ3) is 3.92. The highest BCUT2D eigenvalue weighted by Crippen LogP contribution is 2.28. The summed E-state index contributed by atoms with van der Waals surface area (Å²) >= 11 is 0. The number of carbonyl (C=O) groups excluding carboxylic acids is 2. The molecular weight excluding hydrogens is 368 g/mol. The van der Waals surface area contributed by atoms with Gasteiger partial charge in [-0.15, -0.1) is 0 Å². The lowest BCUT2D eigenvalue weighted by atomic mass is 10.1. The van der Waals surface area contributed by atoms with E-state index in [4.69, 9.17) is 9.47 Å². The SMILES string of the molecule is COc1ccccc1C(=O)Oc1ccccc1/C=C1\N=C2CCCCCN2C1=O. The van der Waals surface area contributed by atoms with Gasteiger partial charge in [-0.25, -0.2) is 9.79 Å². The van der Waals surface area contributed by atoms with Crippen LogP contribution in [0.4, 0.5) is 0 Å². The number of amidine groups is 1. The van der Waals surface area contributed by atoms with Crippen molar-refractivity contribution in [2.75, 3.05) is 13.7 Å². The molecule has 1 saturated heterocycles. The van der Waals surface area contributed by atoms with Crippen LogP contribution in [-0.2, 0) is 4.79 Å². The molecule has 148 valence electrons. The van der Waals surface area contributed by atoms with Crippen LogP contribution < -0.4 is 9.47 Å². The summed E-state index contributed by atoms with van der Waals surface area (Å²) in [5.74, 6) is 1.03. The largest absolute Gasteiger partial charge is 0.496 e. The number of nitrogens with zero attached hydrogens (tertiary/aromatic N) is 2. The molecule has 0 bridgehead atoms. The minimum atomic E-state index is -0.522. The summed E-state index contributed by atoms with van der Waals surface area (Å²) < 4.78 is 10.9. The molecule has 0 saturated carbocycles. The third-order valence-electron chi connectivity index (χ3n) is 5.05. The zero-order valence-electron chi connectivity index (χ0n) is 16.3. The molecule has 2 heterocycles. The first-order valence-corrected chi connectivity index (χ1v) is 9.73. The molecule has 6 nitrogen and oxygen atoms in total. The van der Waals surface area contributed by atoms with Crippen molar-refractivity contribution in [3.05, 3.63) is 65.4 Å². The second-order valence-electron chi connectivity index (χ2n) is 6.95. The van der Waals surface area contributed by atoms with Crippen LogP contribution >= 0.6 is 0 Å². The maximum atomic E-state index is 12.8. The standard InChI is InChI=1S/C23H22N2O4/c1-28-20-12-7-5-10-17(20)23(27)29-19-11-6-4-9-16(19)15-18-22(26)25-14-8-2-3-13-21(25)24-18/h4-7,9-12,15H,2-3,8,13-14H2,1H3/b18-15-. The van der Waals surface area contributed by atoms with Crippen molar-refractivity contribution in [3.8, 4) is 11.5 Å². The lowest BCUT2D eigenvalue weighted by molar-refractivity contribution is -0.122. The maximum absolute atomic E-state index is 12.8.